The maximum absolute atomic E-state index is 12.7. The first-order valence-electron chi connectivity index (χ1n) is 7.38. The van der Waals surface area contributed by atoms with E-state index in [2.05, 4.69) is 5.32 Å². The van der Waals surface area contributed by atoms with Gasteiger partial charge in [0.25, 0.3) is 11.5 Å². The predicted octanol–water partition coefficient (Wildman–Crippen LogP) is 2.45. The fourth-order valence-electron chi connectivity index (χ4n) is 2.86. The van der Waals surface area contributed by atoms with Crippen LogP contribution in [0.2, 0.25) is 0 Å². The molecule has 1 N–H and O–H groups in total. The number of pyridine rings is 1. The summed E-state index contributed by atoms with van der Waals surface area (Å²) in [6.45, 7) is 0.657. The minimum atomic E-state index is -0.242. The Morgan fingerprint density at radius 2 is 2.00 bits per heavy atom. The molecule has 1 aliphatic heterocycles. The van der Waals surface area contributed by atoms with Gasteiger partial charge in [0.1, 0.15) is 11.3 Å². The Morgan fingerprint density at radius 1 is 1.23 bits per heavy atom. The number of anilines is 1. The lowest BCUT2D eigenvalue weighted by Gasteiger charge is -2.22. The van der Waals surface area contributed by atoms with Crippen LogP contribution in [-0.2, 0) is 13.0 Å². The van der Waals surface area contributed by atoms with Crippen molar-refractivity contribution in [3.63, 3.8) is 0 Å². The Balaban J connectivity index is 2.05. The second-order valence-corrected chi connectivity index (χ2v) is 5.30. The van der Waals surface area contributed by atoms with Gasteiger partial charge in [0.15, 0.2) is 0 Å². The lowest BCUT2D eigenvalue weighted by molar-refractivity contribution is 0.102. The lowest BCUT2D eigenvalue weighted by Crippen LogP contribution is -2.30. The highest BCUT2D eigenvalue weighted by molar-refractivity contribution is 6.07. The minimum absolute atomic E-state index is 0.109. The number of rotatable bonds is 3. The smallest absolute Gasteiger partial charge is 0.261 e. The van der Waals surface area contributed by atoms with E-state index in [1.807, 2.05) is 30.3 Å². The van der Waals surface area contributed by atoms with Gasteiger partial charge < -0.3 is 14.6 Å². The summed E-state index contributed by atoms with van der Waals surface area (Å²) in [4.78, 5) is 24.8. The van der Waals surface area contributed by atoms with Crippen molar-refractivity contribution in [2.75, 3.05) is 12.4 Å². The number of para-hydroxylation sites is 1. The molecule has 22 heavy (non-hydrogen) atoms. The second-order valence-electron chi connectivity index (χ2n) is 5.30. The maximum Gasteiger partial charge on any atom is 0.261 e. The number of ether oxygens (including phenoxy) is 1. The van der Waals surface area contributed by atoms with Gasteiger partial charge in [0.05, 0.1) is 7.11 Å². The van der Waals surface area contributed by atoms with Crippen LogP contribution in [0.15, 0.2) is 41.2 Å². The molecule has 0 spiro atoms. The molecule has 5 nitrogen and oxygen atoms in total. The van der Waals surface area contributed by atoms with E-state index in [4.69, 9.17) is 4.74 Å². The molecule has 0 saturated carbocycles. The van der Waals surface area contributed by atoms with E-state index in [9.17, 15) is 9.59 Å². The average molecular weight is 298 g/mol. The fourth-order valence-corrected chi connectivity index (χ4v) is 2.86. The first kappa shape index (κ1) is 14.4. The minimum Gasteiger partial charge on any atom is -0.496 e. The number of nitrogens with one attached hydrogen (secondary N) is 1. The number of hydrogen-bond acceptors (Lipinski definition) is 3. The molecule has 1 aromatic carbocycles. The molecule has 0 fully saturated rings. The number of carbonyl (C=O) groups excluding carboxylic acids is 1. The standard InChI is InChI=1S/C17H18N2O3/c1-22-14-11-15(20)19-10-6-5-9-13(19)16(14)17(21)18-12-7-3-2-4-8-12/h2-4,7-8,11H,5-6,9-10H2,1H3,(H,18,21). The highest BCUT2D eigenvalue weighted by Gasteiger charge is 2.24. The quantitative estimate of drug-likeness (QED) is 0.947. The van der Waals surface area contributed by atoms with Crippen LogP contribution in [0.4, 0.5) is 5.69 Å². The topological polar surface area (TPSA) is 60.3 Å². The Labute approximate surface area is 128 Å². The van der Waals surface area contributed by atoms with Gasteiger partial charge in [-0.2, -0.15) is 0 Å². The van der Waals surface area contributed by atoms with Crippen LogP contribution in [0.1, 0.15) is 28.9 Å². The van der Waals surface area contributed by atoms with Crippen LogP contribution in [0.5, 0.6) is 5.75 Å². The summed E-state index contributed by atoms with van der Waals surface area (Å²) in [5, 5.41) is 2.87. The molecule has 2 aromatic rings. The zero-order valence-corrected chi connectivity index (χ0v) is 12.5. The number of nitrogens with zero attached hydrogens (tertiary/aromatic N) is 1. The number of amides is 1. The number of benzene rings is 1. The Kier molecular flexibility index (Phi) is 3.96. The van der Waals surface area contributed by atoms with E-state index < -0.39 is 0 Å². The molecule has 0 radical (unpaired) electrons. The molecule has 0 aliphatic carbocycles. The zero-order chi connectivity index (χ0) is 15.5. The molecule has 0 bridgehead atoms. The van der Waals surface area contributed by atoms with Gasteiger partial charge in [-0.3, -0.25) is 9.59 Å². The third-order valence-electron chi connectivity index (χ3n) is 3.91. The van der Waals surface area contributed by atoms with Crippen LogP contribution < -0.4 is 15.6 Å². The van der Waals surface area contributed by atoms with Gasteiger partial charge in [-0.05, 0) is 31.4 Å². The molecular formula is C17H18N2O3. The molecule has 0 unspecified atom stereocenters. The number of carbonyl (C=O) groups is 1. The summed E-state index contributed by atoms with van der Waals surface area (Å²) in [5.74, 6) is 0.0975. The monoisotopic (exact) mass is 298 g/mol. The van der Waals surface area contributed by atoms with E-state index in [-0.39, 0.29) is 11.5 Å². The predicted molar refractivity (Wildman–Crippen MR) is 84.6 cm³/mol. The van der Waals surface area contributed by atoms with Crippen molar-refractivity contribution in [1.29, 1.82) is 0 Å². The van der Waals surface area contributed by atoms with E-state index >= 15 is 0 Å². The van der Waals surface area contributed by atoms with E-state index in [1.165, 1.54) is 13.2 Å². The van der Waals surface area contributed by atoms with E-state index in [0.717, 1.165) is 24.2 Å². The molecule has 1 amide bonds. The van der Waals surface area contributed by atoms with Crippen molar-refractivity contribution < 1.29 is 9.53 Å². The van der Waals surface area contributed by atoms with Gasteiger partial charge in [-0.25, -0.2) is 0 Å². The number of aromatic nitrogens is 1. The Bertz CT molecular complexity index is 750. The molecular weight excluding hydrogens is 280 g/mol. The molecule has 3 rings (SSSR count). The van der Waals surface area contributed by atoms with Crippen molar-refractivity contribution >= 4 is 11.6 Å². The Hall–Kier alpha value is -2.56. The zero-order valence-electron chi connectivity index (χ0n) is 12.5. The van der Waals surface area contributed by atoms with Crippen molar-refractivity contribution in [3.8, 4) is 5.75 Å². The van der Waals surface area contributed by atoms with Crippen molar-refractivity contribution in [3.05, 3.63) is 58.0 Å². The van der Waals surface area contributed by atoms with Crippen molar-refractivity contribution in [2.24, 2.45) is 0 Å². The normalized spacial score (nSPS) is 13.3. The largest absolute Gasteiger partial charge is 0.496 e. The van der Waals surface area contributed by atoms with E-state index in [1.54, 1.807) is 4.57 Å². The Morgan fingerprint density at radius 3 is 2.73 bits per heavy atom. The fraction of sp³-hybridized carbons (Fsp3) is 0.294. The average Bonchev–Trinajstić information content (AvgIpc) is 2.55. The highest BCUT2D eigenvalue weighted by Crippen LogP contribution is 2.25. The molecule has 1 aromatic heterocycles. The summed E-state index contributed by atoms with van der Waals surface area (Å²) in [7, 11) is 1.48. The summed E-state index contributed by atoms with van der Waals surface area (Å²) in [6.07, 6.45) is 2.64. The summed E-state index contributed by atoms with van der Waals surface area (Å²) >= 11 is 0. The lowest BCUT2D eigenvalue weighted by atomic mass is 10.0. The molecule has 5 heteroatoms. The van der Waals surface area contributed by atoms with Crippen LogP contribution in [0.25, 0.3) is 0 Å². The van der Waals surface area contributed by atoms with Gasteiger partial charge in [0.2, 0.25) is 0 Å². The van der Waals surface area contributed by atoms with Gasteiger partial charge in [-0.1, -0.05) is 18.2 Å². The number of hydrogen-bond donors (Lipinski definition) is 1. The third-order valence-corrected chi connectivity index (χ3v) is 3.91. The molecule has 1 aliphatic rings. The number of fused-ring (bicyclic) bond motifs is 1. The first-order valence-corrected chi connectivity index (χ1v) is 7.38. The molecule has 0 atom stereocenters. The van der Waals surface area contributed by atoms with E-state index in [0.29, 0.717) is 24.3 Å². The molecule has 114 valence electrons. The summed E-state index contributed by atoms with van der Waals surface area (Å²) < 4.78 is 6.96. The number of methoxy groups -OCH3 is 1. The summed E-state index contributed by atoms with van der Waals surface area (Å²) in [6, 6.07) is 10.7. The van der Waals surface area contributed by atoms with Gasteiger partial charge >= 0.3 is 0 Å². The van der Waals surface area contributed by atoms with Gasteiger partial charge in [-0.15, -0.1) is 0 Å². The van der Waals surface area contributed by atoms with Crippen LogP contribution in [0.3, 0.4) is 0 Å². The summed E-state index contributed by atoms with van der Waals surface area (Å²) in [5.41, 5.74) is 1.84. The third kappa shape index (κ3) is 2.62. The molecule has 2 heterocycles. The SMILES string of the molecule is COc1cc(=O)n2c(c1C(=O)Nc1ccccc1)CCCC2. The highest BCUT2D eigenvalue weighted by atomic mass is 16.5. The van der Waals surface area contributed by atoms with Crippen LogP contribution in [0, 0.1) is 0 Å². The van der Waals surface area contributed by atoms with Crippen LogP contribution in [-0.4, -0.2) is 17.6 Å². The first-order chi connectivity index (χ1) is 10.7. The van der Waals surface area contributed by atoms with Crippen molar-refractivity contribution in [2.45, 2.75) is 25.8 Å². The van der Waals surface area contributed by atoms with Crippen molar-refractivity contribution in [1.82, 2.24) is 4.57 Å². The van der Waals surface area contributed by atoms with Gasteiger partial charge in [0, 0.05) is 24.0 Å². The molecule has 0 saturated heterocycles. The maximum atomic E-state index is 12.7. The van der Waals surface area contributed by atoms with Crippen LogP contribution >= 0.6 is 0 Å². The second kappa shape index (κ2) is 6.05.